The van der Waals surface area contributed by atoms with Crippen molar-refractivity contribution in [3.05, 3.63) is 29.8 Å². The Labute approximate surface area is 126 Å². The topological polar surface area (TPSA) is 136 Å². The van der Waals surface area contributed by atoms with Crippen LogP contribution >= 0.6 is 0 Å². The Morgan fingerprint density at radius 3 is 2.18 bits per heavy atom. The van der Waals surface area contributed by atoms with Crippen molar-refractivity contribution in [2.75, 3.05) is 6.61 Å². The Balaban J connectivity index is 2.98. The van der Waals surface area contributed by atoms with Gasteiger partial charge in [0.25, 0.3) is 0 Å². The van der Waals surface area contributed by atoms with Gasteiger partial charge in [0.05, 0.1) is 0 Å². The highest BCUT2D eigenvalue weighted by Gasteiger charge is 2.26. The third-order valence-electron chi connectivity index (χ3n) is 2.96. The molecule has 0 spiro atoms. The quantitative estimate of drug-likeness (QED) is 0.461. The first-order valence-corrected chi connectivity index (χ1v) is 6.61. The van der Waals surface area contributed by atoms with Gasteiger partial charge >= 0.3 is 5.97 Å². The molecule has 0 aliphatic heterocycles. The van der Waals surface area contributed by atoms with E-state index in [1.807, 2.05) is 0 Å². The number of hydrogen-bond acceptors (Lipinski definition) is 5. The largest absolute Gasteiger partial charge is 0.508 e. The first-order valence-electron chi connectivity index (χ1n) is 6.61. The summed E-state index contributed by atoms with van der Waals surface area (Å²) in [6.45, 7) is 0.791. The maximum Gasteiger partial charge on any atom is 0.326 e. The Bertz CT molecular complexity index is 543. The van der Waals surface area contributed by atoms with Gasteiger partial charge in [0.15, 0.2) is 0 Å². The van der Waals surface area contributed by atoms with Crippen molar-refractivity contribution in [1.29, 1.82) is 0 Å². The van der Waals surface area contributed by atoms with Gasteiger partial charge in [-0.2, -0.15) is 0 Å². The number of benzene rings is 1. The van der Waals surface area contributed by atoms with E-state index in [0.29, 0.717) is 5.56 Å². The number of aliphatic hydroxyl groups excluding tert-OH is 1. The van der Waals surface area contributed by atoms with Crippen LogP contribution in [0.15, 0.2) is 24.3 Å². The standard InChI is InChI=1S/C14H18N2O6/c1-2-10(14(21)22)15-13(20)12(16-11(19)7-17)8-3-5-9(18)6-4-8/h3-6,10,12,17-18H,2,7H2,1H3,(H,15,20)(H,16,19)(H,21,22). The normalized spacial score (nSPS) is 13.0. The number of amides is 2. The summed E-state index contributed by atoms with van der Waals surface area (Å²) in [5.41, 5.74) is 0.345. The molecule has 0 bridgehead atoms. The summed E-state index contributed by atoms with van der Waals surface area (Å²) in [5.74, 6) is -2.71. The molecule has 120 valence electrons. The number of carbonyl (C=O) groups excluding carboxylic acids is 2. The minimum atomic E-state index is -1.19. The third-order valence-corrected chi connectivity index (χ3v) is 2.96. The number of carbonyl (C=O) groups is 3. The van der Waals surface area contributed by atoms with E-state index in [0.717, 1.165) is 0 Å². The molecular formula is C14H18N2O6. The van der Waals surface area contributed by atoms with Gasteiger partial charge in [0.1, 0.15) is 24.4 Å². The average Bonchev–Trinajstić information content (AvgIpc) is 2.50. The molecule has 2 atom stereocenters. The lowest BCUT2D eigenvalue weighted by Crippen LogP contribution is -2.47. The molecule has 8 heteroatoms. The molecule has 2 amide bonds. The van der Waals surface area contributed by atoms with E-state index in [2.05, 4.69) is 10.6 Å². The molecule has 1 rings (SSSR count). The van der Waals surface area contributed by atoms with Crippen LogP contribution < -0.4 is 10.6 Å². The van der Waals surface area contributed by atoms with Crippen molar-refractivity contribution in [2.45, 2.75) is 25.4 Å². The molecule has 0 saturated carbocycles. The number of carboxylic acids is 1. The Kier molecular flexibility index (Phi) is 6.33. The van der Waals surface area contributed by atoms with E-state index in [4.69, 9.17) is 10.2 Å². The van der Waals surface area contributed by atoms with Gasteiger partial charge in [0.2, 0.25) is 11.8 Å². The SMILES string of the molecule is CCC(NC(=O)C(NC(=O)CO)c1ccc(O)cc1)C(=O)O. The lowest BCUT2D eigenvalue weighted by Gasteiger charge is -2.21. The molecule has 0 aliphatic carbocycles. The maximum absolute atomic E-state index is 12.2. The Morgan fingerprint density at radius 2 is 1.73 bits per heavy atom. The lowest BCUT2D eigenvalue weighted by molar-refractivity contribution is -0.142. The summed E-state index contributed by atoms with van der Waals surface area (Å²) in [6.07, 6.45) is 0.178. The van der Waals surface area contributed by atoms with Crippen LogP contribution in [0.25, 0.3) is 0 Å². The van der Waals surface area contributed by atoms with Crippen LogP contribution in [0.1, 0.15) is 24.9 Å². The Morgan fingerprint density at radius 1 is 1.14 bits per heavy atom. The molecule has 22 heavy (non-hydrogen) atoms. The van der Waals surface area contributed by atoms with Gasteiger partial charge in [0, 0.05) is 0 Å². The van der Waals surface area contributed by atoms with E-state index in [1.165, 1.54) is 24.3 Å². The number of aromatic hydroxyl groups is 1. The number of nitrogens with one attached hydrogen (secondary N) is 2. The Hall–Kier alpha value is -2.61. The molecular weight excluding hydrogens is 292 g/mol. The number of rotatable bonds is 7. The van der Waals surface area contributed by atoms with Gasteiger partial charge in [-0.3, -0.25) is 9.59 Å². The second-order valence-corrected chi connectivity index (χ2v) is 4.56. The van der Waals surface area contributed by atoms with Crippen LogP contribution in [0, 0.1) is 0 Å². The first-order chi connectivity index (χ1) is 10.4. The van der Waals surface area contributed by atoms with Crippen LogP contribution in [0.2, 0.25) is 0 Å². The molecule has 8 nitrogen and oxygen atoms in total. The predicted octanol–water partition coefficient (Wildman–Crippen LogP) is -0.479. The third kappa shape index (κ3) is 4.74. The van der Waals surface area contributed by atoms with Crippen molar-refractivity contribution >= 4 is 17.8 Å². The zero-order valence-electron chi connectivity index (χ0n) is 11.9. The minimum Gasteiger partial charge on any atom is -0.508 e. The molecule has 0 radical (unpaired) electrons. The van der Waals surface area contributed by atoms with Crippen LogP contribution in [-0.4, -0.2) is 45.8 Å². The fourth-order valence-electron chi connectivity index (χ4n) is 1.77. The van der Waals surface area contributed by atoms with Crippen LogP contribution in [0.3, 0.4) is 0 Å². The molecule has 1 aromatic carbocycles. The van der Waals surface area contributed by atoms with E-state index < -0.39 is 36.5 Å². The van der Waals surface area contributed by atoms with Crippen molar-refractivity contribution in [1.82, 2.24) is 10.6 Å². The zero-order valence-corrected chi connectivity index (χ0v) is 11.9. The first kappa shape index (κ1) is 17.4. The van der Waals surface area contributed by atoms with E-state index in [-0.39, 0.29) is 12.2 Å². The molecule has 5 N–H and O–H groups in total. The minimum absolute atomic E-state index is 0.0200. The van der Waals surface area contributed by atoms with Gasteiger partial charge < -0.3 is 26.0 Å². The van der Waals surface area contributed by atoms with Crippen molar-refractivity contribution in [2.24, 2.45) is 0 Å². The number of carboxylic acid groups (broad SMARTS) is 1. The fourth-order valence-corrected chi connectivity index (χ4v) is 1.77. The predicted molar refractivity (Wildman–Crippen MR) is 75.9 cm³/mol. The summed E-state index contributed by atoms with van der Waals surface area (Å²) in [7, 11) is 0. The summed E-state index contributed by atoms with van der Waals surface area (Å²) < 4.78 is 0. The number of phenolic OH excluding ortho intramolecular Hbond substituents is 1. The monoisotopic (exact) mass is 310 g/mol. The smallest absolute Gasteiger partial charge is 0.326 e. The number of hydrogen-bond donors (Lipinski definition) is 5. The summed E-state index contributed by atoms with van der Waals surface area (Å²) >= 11 is 0. The number of aliphatic carboxylic acids is 1. The van der Waals surface area contributed by atoms with Gasteiger partial charge in [-0.25, -0.2) is 4.79 Å². The van der Waals surface area contributed by atoms with Crippen molar-refractivity contribution < 1.29 is 29.7 Å². The second-order valence-electron chi connectivity index (χ2n) is 4.56. The molecule has 0 fully saturated rings. The summed E-state index contributed by atoms with van der Waals surface area (Å²) in [6, 6.07) is 3.23. The molecule has 0 aromatic heterocycles. The van der Waals surface area contributed by atoms with E-state index >= 15 is 0 Å². The summed E-state index contributed by atoms with van der Waals surface area (Å²) in [4.78, 5) is 34.5. The second kappa shape index (κ2) is 7.99. The van der Waals surface area contributed by atoms with E-state index in [1.54, 1.807) is 6.92 Å². The van der Waals surface area contributed by atoms with E-state index in [9.17, 15) is 19.5 Å². The van der Waals surface area contributed by atoms with Gasteiger partial charge in [-0.05, 0) is 24.1 Å². The molecule has 1 aromatic rings. The molecule has 0 heterocycles. The fraction of sp³-hybridized carbons (Fsp3) is 0.357. The van der Waals surface area contributed by atoms with Crippen molar-refractivity contribution in [3.8, 4) is 5.75 Å². The van der Waals surface area contributed by atoms with Gasteiger partial charge in [-0.15, -0.1) is 0 Å². The van der Waals surface area contributed by atoms with Crippen LogP contribution in [0.4, 0.5) is 0 Å². The van der Waals surface area contributed by atoms with Crippen LogP contribution in [-0.2, 0) is 14.4 Å². The number of aliphatic hydroxyl groups is 1. The molecule has 0 saturated heterocycles. The number of phenols is 1. The molecule has 0 aliphatic rings. The van der Waals surface area contributed by atoms with Crippen molar-refractivity contribution in [3.63, 3.8) is 0 Å². The lowest BCUT2D eigenvalue weighted by atomic mass is 10.0. The summed E-state index contributed by atoms with van der Waals surface area (Å²) in [5, 5.41) is 31.6. The maximum atomic E-state index is 12.2. The average molecular weight is 310 g/mol. The zero-order chi connectivity index (χ0) is 16.7. The highest BCUT2D eigenvalue weighted by molar-refractivity contribution is 5.91. The van der Waals surface area contributed by atoms with Gasteiger partial charge in [-0.1, -0.05) is 19.1 Å². The highest BCUT2D eigenvalue weighted by atomic mass is 16.4. The molecule has 2 unspecified atom stereocenters. The highest BCUT2D eigenvalue weighted by Crippen LogP contribution is 2.17. The van der Waals surface area contributed by atoms with Crippen LogP contribution in [0.5, 0.6) is 5.75 Å².